The number of carbonyl (C=O) groups is 2. The van der Waals surface area contributed by atoms with E-state index < -0.39 is 35.7 Å². The Labute approximate surface area is 200 Å². The highest BCUT2D eigenvalue weighted by molar-refractivity contribution is 7.14. The molecular formula is C22H22F6N2O4S. The summed E-state index contributed by atoms with van der Waals surface area (Å²) in [7, 11) is 0. The van der Waals surface area contributed by atoms with Gasteiger partial charge in [0.15, 0.2) is 0 Å². The number of halogens is 6. The summed E-state index contributed by atoms with van der Waals surface area (Å²) in [5, 5.41) is 12.9. The number of thiophene rings is 1. The third-order valence-corrected chi connectivity index (χ3v) is 6.56. The summed E-state index contributed by atoms with van der Waals surface area (Å²) < 4.78 is 78.6. The van der Waals surface area contributed by atoms with Gasteiger partial charge in [-0.05, 0) is 49.1 Å². The van der Waals surface area contributed by atoms with Crippen molar-refractivity contribution in [1.29, 1.82) is 0 Å². The van der Waals surface area contributed by atoms with Crippen molar-refractivity contribution in [3.63, 3.8) is 0 Å². The zero-order valence-electron chi connectivity index (χ0n) is 18.2. The normalized spacial score (nSPS) is 21.1. The third-order valence-electron chi connectivity index (χ3n) is 5.67. The number of ether oxygens (including phenoxy) is 1. The van der Waals surface area contributed by atoms with Gasteiger partial charge in [0.05, 0.1) is 13.2 Å². The number of nitrogens with one attached hydrogen (secondary N) is 1. The zero-order valence-corrected chi connectivity index (χ0v) is 19.0. The molecule has 2 bridgehead atoms. The van der Waals surface area contributed by atoms with Crippen LogP contribution in [-0.4, -0.2) is 42.0 Å². The first-order valence-electron chi connectivity index (χ1n) is 10.6. The number of amides is 1. The first-order chi connectivity index (χ1) is 16.4. The maximum atomic E-state index is 14.1. The Bertz CT molecular complexity index is 998. The largest absolute Gasteiger partial charge is 0.490 e. The Hall–Kier alpha value is -2.80. The predicted octanol–water partition coefficient (Wildman–Crippen LogP) is 5.47. The number of carboxylic acid groups (broad SMARTS) is 1. The van der Waals surface area contributed by atoms with Gasteiger partial charge in [-0.1, -0.05) is 0 Å². The lowest BCUT2D eigenvalue weighted by atomic mass is 9.93. The van der Waals surface area contributed by atoms with Crippen molar-refractivity contribution >= 4 is 28.4 Å². The van der Waals surface area contributed by atoms with Gasteiger partial charge in [0.2, 0.25) is 0 Å². The molecule has 2 N–H and O–H groups in total. The fraction of sp³-hybridized carbons (Fsp3) is 0.455. The van der Waals surface area contributed by atoms with E-state index in [0.29, 0.717) is 29.2 Å². The molecule has 2 aromatic rings. The molecule has 4 rings (SSSR count). The molecule has 3 heterocycles. The number of carbonyl (C=O) groups excluding carboxylic acids is 1. The summed E-state index contributed by atoms with van der Waals surface area (Å²) in [6, 6.07) is 5.61. The second-order valence-electron chi connectivity index (χ2n) is 8.24. The van der Waals surface area contributed by atoms with Crippen LogP contribution in [0.5, 0.6) is 0 Å². The molecule has 1 aromatic carbocycles. The standard InChI is InChI=1S/C20H21F3N2O2S.C2HF3O2/c21-13-8-17(22)16(18(23)9-13)10-25(19-2-1-5-28-19)20(26)27-11-12-6-14-3-4-15(7-12)24-14;3-2(4,5)1(6)7/h1-2,5,8-9,12,14-15,24H,3-4,6-7,10-11H2;(H,6,7). The molecule has 13 heteroatoms. The fourth-order valence-electron chi connectivity index (χ4n) is 4.12. The van der Waals surface area contributed by atoms with Crippen LogP contribution >= 0.6 is 11.3 Å². The van der Waals surface area contributed by atoms with E-state index in [1.54, 1.807) is 17.5 Å². The zero-order chi connectivity index (χ0) is 25.8. The van der Waals surface area contributed by atoms with Crippen LogP contribution in [0, 0.1) is 23.4 Å². The molecule has 192 valence electrons. The van der Waals surface area contributed by atoms with Gasteiger partial charge in [-0.3, -0.25) is 4.90 Å². The third kappa shape index (κ3) is 7.34. The number of piperidine rings is 1. The second-order valence-corrected chi connectivity index (χ2v) is 9.17. The molecule has 2 saturated heterocycles. The van der Waals surface area contributed by atoms with Crippen LogP contribution in [0.4, 0.5) is 36.1 Å². The van der Waals surface area contributed by atoms with Gasteiger partial charge in [0, 0.05) is 29.8 Å². The second kappa shape index (κ2) is 11.3. The van der Waals surface area contributed by atoms with Crippen molar-refractivity contribution in [2.24, 2.45) is 5.92 Å². The maximum Gasteiger partial charge on any atom is 0.490 e. The summed E-state index contributed by atoms with van der Waals surface area (Å²) in [5.74, 6) is -5.52. The number of alkyl halides is 3. The van der Waals surface area contributed by atoms with E-state index in [9.17, 15) is 31.1 Å². The molecule has 2 aliphatic rings. The van der Waals surface area contributed by atoms with Gasteiger partial charge in [-0.2, -0.15) is 13.2 Å². The minimum atomic E-state index is -5.08. The molecule has 1 amide bonds. The van der Waals surface area contributed by atoms with Gasteiger partial charge >= 0.3 is 18.2 Å². The maximum absolute atomic E-state index is 14.1. The summed E-state index contributed by atoms with van der Waals surface area (Å²) in [6.07, 6.45) is -1.51. The molecule has 2 fully saturated rings. The lowest BCUT2D eigenvalue weighted by Crippen LogP contribution is -2.40. The van der Waals surface area contributed by atoms with E-state index in [-0.39, 0.29) is 24.6 Å². The molecule has 0 spiro atoms. The van der Waals surface area contributed by atoms with Crippen LogP contribution in [0.2, 0.25) is 0 Å². The van der Waals surface area contributed by atoms with Gasteiger partial charge in [0.1, 0.15) is 22.5 Å². The van der Waals surface area contributed by atoms with Crippen molar-refractivity contribution in [1.82, 2.24) is 5.32 Å². The average molecular weight is 524 g/mol. The molecule has 0 aliphatic carbocycles. The highest BCUT2D eigenvalue weighted by Crippen LogP contribution is 2.32. The molecule has 0 radical (unpaired) electrons. The highest BCUT2D eigenvalue weighted by atomic mass is 32.1. The van der Waals surface area contributed by atoms with Crippen LogP contribution in [0.1, 0.15) is 31.2 Å². The van der Waals surface area contributed by atoms with Crippen molar-refractivity contribution in [2.75, 3.05) is 11.5 Å². The van der Waals surface area contributed by atoms with Crippen LogP contribution in [0.25, 0.3) is 0 Å². The van der Waals surface area contributed by atoms with Gasteiger partial charge in [0.25, 0.3) is 0 Å². The lowest BCUT2D eigenvalue weighted by molar-refractivity contribution is -0.192. The minimum absolute atomic E-state index is 0.282. The van der Waals surface area contributed by atoms with E-state index >= 15 is 0 Å². The minimum Gasteiger partial charge on any atom is -0.475 e. The van der Waals surface area contributed by atoms with E-state index in [1.165, 1.54) is 16.2 Å². The smallest absolute Gasteiger partial charge is 0.475 e. The van der Waals surface area contributed by atoms with E-state index in [0.717, 1.165) is 25.7 Å². The average Bonchev–Trinajstić information content (AvgIpc) is 3.41. The van der Waals surface area contributed by atoms with Crippen LogP contribution in [0.15, 0.2) is 29.6 Å². The molecule has 1 aromatic heterocycles. The van der Waals surface area contributed by atoms with Crippen LogP contribution in [-0.2, 0) is 16.1 Å². The summed E-state index contributed by atoms with van der Waals surface area (Å²) in [6.45, 7) is -0.0848. The Morgan fingerprint density at radius 2 is 1.69 bits per heavy atom. The number of rotatable bonds is 5. The first-order valence-corrected chi connectivity index (χ1v) is 11.5. The lowest BCUT2D eigenvalue weighted by Gasteiger charge is -2.29. The van der Waals surface area contributed by atoms with Gasteiger partial charge < -0.3 is 15.2 Å². The highest BCUT2D eigenvalue weighted by Gasteiger charge is 2.38. The van der Waals surface area contributed by atoms with Crippen LogP contribution < -0.4 is 10.2 Å². The molecule has 35 heavy (non-hydrogen) atoms. The molecule has 2 unspecified atom stereocenters. The van der Waals surface area contributed by atoms with Gasteiger partial charge in [-0.25, -0.2) is 22.8 Å². The summed E-state index contributed by atoms with van der Waals surface area (Å²) >= 11 is 1.26. The van der Waals surface area contributed by atoms with Crippen molar-refractivity contribution in [3.8, 4) is 0 Å². The Morgan fingerprint density at radius 3 is 2.17 bits per heavy atom. The molecule has 0 saturated carbocycles. The number of carboxylic acids is 1. The Balaban J connectivity index is 0.000000429. The number of benzene rings is 1. The Morgan fingerprint density at radius 1 is 1.11 bits per heavy atom. The summed E-state index contributed by atoms with van der Waals surface area (Å²) in [4.78, 5) is 22.8. The SMILES string of the molecule is O=C(O)C(F)(F)F.O=C(OCC1CC2CCC(C1)N2)N(Cc1c(F)cc(F)cc1F)c1cccs1. The fourth-order valence-corrected chi connectivity index (χ4v) is 4.84. The number of nitrogens with zero attached hydrogens (tertiary/aromatic N) is 1. The topological polar surface area (TPSA) is 78.9 Å². The number of aliphatic carboxylic acids is 1. The molecule has 2 aliphatic heterocycles. The van der Waals surface area contributed by atoms with Crippen molar-refractivity contribution in [2.45, 2.75) is 50.5 Å². The number of fused-ring (bicyclic) bond motifs is 2. The van der Waals surface area contributed by atoms with E-state index in [2.05, 4.69) is 5.32 Å². The quantitative estimate of drug-likeness (QED) is 0.507. The predicted molar refractivity (Wildman–Crippen MR) is 115 cm³/mol. The van der Waals surface area contributed by atoms with Gasteiger partial charge in [-0.15, -0.1) is 11.3 Å². The van der Waals surface area contributed by atoms with Crippen molar-refractivity contribution in [3.05, 3.63) is 52.7 Å². The van der Waals surface area contributed by atoms with Crippen LogP contribution in [0.3, 0.4) is 0 Å². The van der Waals surface area contributed by atoms with E-state index in [1.807, 2.05) is 0 Å². The number of anilines is 1. The summed E-state index contributed by atoms with van der Waals surface area (Å²) in [5.41, 5.74) is -0.369. The number of hydrogen-bond donors (Lipinski definition) is 2. The molecule has 6 nitrogen and oxygen atoms in total. The molecular weight excluding hydrogens is 502 g/mol. The Kier molecular flexibility index (Phi) is 8.65. The monoisotopic (exact) mass is 524 g/mol. The number of hydrogen-bond acceptors (Lipinski definition) is 5. The van der Waals surface area contributed by atoms with E-state index in [4.69, 9.17) is 14.6 Å². The first kappa shape index (κ1) is 26.8. The molecule has 2 atom stereocenters. The van der Waals surface area contributed by atoms with Crippen molar-refractivity contribution < 1.29 is 45.8 Å².